The third-order valence-electron chi connectivity index (χ3n) is 3.53. The Morgan fingerprint density at radius 3 is 2.67 bits per heavy atom. The maximum Gasteiger partial charge on any atom is 0.191 e. The van der Waals surface area contributed by atoms with Gasteiger partial charge in [0.25, 0.3) is 0 Å². The number of aliphatic imine (C=N–C) groups is 1. The van der Waals surface area contributed by atoms with E-state index in [0.717, 1.165) is 42.9 Å². The topological polar surface area (TPSA) is 76.4 Å². The van der Waals surface area contributed by atoms with E-state index in [1.54, 1.807) is 0 Å². The summed E-state index contributed by atoms with van der Waals surface area (Å²) in [5.74, 6) is 3.40. The van der Waals surface area contributed by atoms with E-state index in [-0.39, 0.29) is 0 Å². The summed E-state index contributed by atoms with van der Waals surface area (Å²) in [6.07, 6.45) is 0.891. The molecule has 0 amide bonds. The van der Waals surface area contributed by atoms with Gasteiger partial charge in [0.1, 0.15) is 18.1 Å². The van der Waals surface area contributed by atoms with Crippen molar-refractivity contribution in [2.24, 2.45) is 12.0 Å². The molecule has 0 unspecified atom stereocenters. The van der Waals surface area contributed by atoms with Gasteiger partial charge in [0, 0.05) is 20.1 Å². The Hall–Kier alpha value is -2.57. The molecule has 0 aliphatic rings. The van der Waals surface area contributed by atoms with Gasteiger partial charge in [-0.25, -0.2) is 4.99 Å². The van der Waals surface area contributed by atoms with Crippen LogP contribution in [-0.2, 0) is 13.6 Å². The lowest BCUT2D eigenvalue weighted by molar-refractivity contribution is 0.311. The molecule has 0 atom stereocenters. The predicted molar refractivity (Wildman–Crippen MR) is 95.1 cm³/mol. The highest BCUT2D eigenvalue weighted by Gasteiger charge is 2.04. The third-order valence-corrected chi connectivity index (χ3v) is 3.53. The number of guanidine groups is 1. The molecule has 1 heterocycles. The first kappa shape index (κ1) is 17.8. The molecule has 2 rings (SSSR count). The molecule has 0 bridgehead atoms. The first-order chi connectivity index (χ1) is 11.7. The number of para-hydroxylation sites is 1. The lowest BCUT2D eigenvalue weighted by Gasteiger charge is -2.11. The number of aromatic nitrogens is 3. The molecule has 0 aliphatic heterocycles. The first-order valence-corrected chi connectivity index (χ1v) is 8.25. The second-order valence-corrected chi connectivity index (χ2v) is 5.36. The summed E-state index contributed by atoms with van der Waals surface area (Å²) in [7, 11) is 1.95. The van der Waals surface area contributed by atoms with Gasteiger partial charge in [-0.05, 0) is 32.4 Å². The van der Waals surface area contributed by atoms with Gasteiger partial charge >= 0.3 is 0 Å². The van der Waals surface area contributed by atoms with Gasteiger partial charge in [0.15, 0.2) is 11.8 Å². The number of rotatable bonds is 8. The maximum absolute atomic E-state index is 5.67. The second-order valence-electron chi connectivity index (χ2n) is 5.36. The molecule has 7 nitrogen and oxygen atoms in total. The van der Waals surface area contributed by atoms with E-state index in [2.05, 4.69) is 25.8 Å². The fourth-order valence-corrected chi connectivity index (χ4v) is 2.07. The second kappa shape index (κ2) is 9.54. The lowest BCUT2D eigenvalue weighted by Crippen LogP contribution is -2.38. The largest absolute Gasteiger partial charge is 0.494 e. The summed E-state index contributed by atoms with van der Waals surface area (Å²) in [5, 5.41) is 14.7. The van der Waals surface area contributed by atoms with Crippen LogP contribution in [0.4, 0.5) is 0 Å². The molecular formula is C17H26N6O. The van der Waals surface area contributed by atoms with Crippen molar-refractivity contribution in [2.45, 2.75) is 26.8 Å². The van der Waals surface area contributed by atoms with Crippen molar-refractivity contribution < 1.29 is 4.74 Å². The smallest absolute Gasteiger partial charge is 0.191 e. The molecule has 0 saturated carbocycles. The van der Waals surface area contributed by atoms with E-state index >= 15 is 0 Å². The molecule has 7 heteroatoms. The van der Waals surface area contributed by atoms with E-state index in [4.69, 9.17) is 4.74 Å². The Kier molecular flexibility index (Phi) is 7.07. The molecule has 0 saturated heterocycles. The standard InChI is InChI=1S/C17H26N6O/c1-4-18-17(20-13-16-22-21-14(2)23(16)3)19-11-8-12-24-15-9-6-5-7-10-15/h5-7,9-10H,4,8,11-13H2,1-3H3,(H2,18,19,20). The Labute approximate surface area is 143 Å². The Bertz CT molecular complexity index is 638. The summed E-state index contributed by atoms with van der Waals surface area (Å²) in [6.45, 7) is 6.73. The van der Waals surface area contributed by atoms with Crippen LogP contribution >= 0.6 is 0 Å². The number of nitrogens with one attached hydrogen (secondary N) is 2. The van der Waals surface area contributed by atoms with Gasteiger partial charge in [-0.3, -0.25) is 0 Å². The van der Waals surface area contributed by atoms with Crippen molar-refractivity contribution in [1.29, 1.82) is 0 Å². The van der Waals surface area contributed by atoms with Crippen molar-refractivity contribution in [3.8, 4) is 5.75 Å². The van der Waals surface area contributed by atoms with E-state index in [0.29, 0.717) is 13.2 Å². The number of hydrogen-bond donors (Lipinski definition) is 2. The van der Waals surface area contributed by atoms with Crippen LogP contribution in [-0.4, -0.2) is 40.4 Å². The minimum Gasteiger partial charge on any atom is -0.494 e. The number of benzene rings is 1. The van der Waals surface area contributed by atoms with Gasteiger partial charge in [-0.15, -0.1) is 10.2 Å². The fraction of sp³-hybridized carbons (Fsp3) is 0.471. The highest BCUT2D eigenvalue weighted by Crippen LogP contribution is 2.08. The lowest BCUT2D eigenvalue weighted by atomic mass is 10.3. The van der Waals surface area contributed by atoms with E-state index in [1.807, 2.05) is 55.8 Å². The molecule has 0 fully saturated rings. The van der Waals surface area contributed by atoms with Crippen LogP contribution in [0.1, 0.15) is 25.0 Å². The average Bonchev–Trinajstić information content (AvgIpc) is 2.92. The number of aryl methyl sites for hydroxylation is 1. The van der Waals surface area contributed by atoms with Gasteiger partial charge < -0.3 is 19.9 Å². The molecule has 1 aromatic carbocycles. The van der Waals surface area contributed by atoms with E-state index in [9.17, 15) is 0 Å². The number of nitrogens with zero attached hydrogens (tertiary/aromatic N) is 4. The molecule has 0 spiro atoms. The first-order valence-electron chi connectivity index (χ1n) is 8.25. The normalized spacial score (nSPS) is 11.4. The zero-order chi connectivity index (χ0) is 17.2. The zero-order valence-electron chi connectivity index (χ0n) is 14.6. The molecule has 0 radical (unpaired) electrons. The van der Waals surface area contributed by atoms with Crippen molar-refractivity contribution in [3.63, 3.8) is 0 Å². The van der Waals surface area contributed by atoms with Gasteiger partial charge in [0.2, 0.25) is 0 Å². The van der Waals surface area contributed by atoms with Crippen molar-refractivity contribution in [3.05, 3.63) is 42.0 Å². The minimum absolute atomic E-state index is 0.493. The summed E-state index contributed by atoms with van der Waals surface area (Å²) >= 11 is 0. The average molecular weight is 330 g/mol. The van der Waals surface area contributed by atoms with Crippen molar-refractivity contribution >= 4 is 5.96 Å². The summed E-state index contributed by atoms with van der Waals surface area (Å²) < 4.78 is 7.62. The number of ether oxygens (including phenoxy) is 1. The fourth-order valence-electron chi connectivity index (χ4n) is 2.07. The monoisotopic (exact) mass is 330 g/mol. The summed E-state index contributed by atoms with van der Waals surface area (Å²) in [6, 6.07) is 9.84. The third kappa shape index (κ3) is 5.57. The van der Waals surface area contributed by atoms with Crippen LogP contribution in [0.15, 0.2) is 35.3 Å². The predicted octanol–water partition coefficient (Wildman–Crippen LogP) is 1.65. The molecule has 24 heavy (non-hydrogen) atoms. The molecule has 2 aromatic rings. The summed E-state index contributed by atoms with van der Waals surface area (Å²) in [5.41, 5.74) is 0. The molecule has 2 N–H and O–H groups in total. The molecule has 0 aliphatic carbocycles. The Balaban J connectivity index is 1.74. The quantitative estimate of drug-likeness (QED) is 0.437. The van der Waals surface area contributed by atoms with Gasteiger partial charge in [-0.1, -0.05) is 18.2 Å². The molecular weight excluding hydrogens is 304 g/mol. The van der Waals surface area contributed by atoms with E-state index in [1.165, 1.54) is 0 Å². The van der Waals surface area contributed by atoms with Crippen molar-refractivity contribution in [2.75, 3.05) is 19.7 Å². The van der Waals surface area contributed by atoms with Gasteiger partial charge in [0.05, 0.1) is 6.61 Å². The van der Waals surface area contributed by atoms with Crippen LogP contribution in [0.3, 0.4) is 0 Å². The molecule has 130 valence electrons. The maximum atomic E-state index is 5.67. The van der Waals surface area contributed by atoms with Crippen LogP contribution in [0.5, 0.6) is 5.75 Å². The van der Waals surface area contributed by atoms with Gasteiger partial charge in [-0.2, -0.15) is 0 Å². The van der Waals surface area contributed by atoms with Crippen LogP contribution < -0.4 is 15.4 Å². The highest BCUT2D eigenvalue weighted by atomic mass is 16.5. The van der Waals surface area contributed by atoms with Crippen LogP contribution in [0.25, 0.3) is 0 Å². The minimum atomic E-state index is 0.493. The Morgan fingerprint density at radius 1 is 1.21 bits per heavy atom. The zero-order valence-corrected chi connectivity index (χ0v) is 14.6. The SMILES string of the molecule is CCNC(=NCc1nnc(C)n1C)NCCCOc1ccccc1. The highest BCUT2D eigenvalue weighted by molar-refractivity contribution is 5.79. The van der Waals surface area contributed by atoms with Crippen molar-refractivity contribution in [1.82, 2.24) is 25.4 Å². The number of hydrogen-bond acceptors (Lipinski definition) is 4. The van der Waals surface area contributed by atoms with Crippen LogP contribution in [0, 0.1) is 6.92 Å². The van der Waals surface area contributed by atoms with Crippen LogP contribution in [0.2, 0.25) is 0 Å². The van der Waals surface area contributed by atoms with E-state index < -0.39 is 0 Å². The Morgan fingerprint density at radius 2 is 2.00 bits per heavy atom. The summed E-state index contributed by atoms with van der Waals surface area (Å²) in [4.78, 5) is 4.54. The molecule has 1 aromatic heterocycles.